The molecule has 0 unspecified atom stereocenters. The molecular weight excluding hydrogens is 272 g/mol. The highest BCUT2D eigenvalue weighted by Gasteiger charge is 2.39. The van der Waals surface area contributed by atoms with Crippen LogP contribution in [0.2, 0.25) is 0 Å². The Labute approximate surface area is 125 Å². The molecule has 0 fully saturated rings. The molecule has 116 valence electrons. The zero-order valence-corrected chi connectivity index (χ0v) is 12.9. The first-order valence-electron chi connectivity index (χ1n) is 6.92. The van der Waals surface area contributed by atoms with E-state index in [0.29, 0.717) is 0 Å². The molecule has 0 saturated carbocycles. The van der Waals surface area contributed by atoms with Gasteiger partial charge in [0.2, 0.25) is 0 Å². The van der Waals surface area contributed by atoms with E-state index in [1.807, 2.05) is 0 Å². The Balaban J connectivity index is 3.18. The van der Waals surface area contributed by atoms with Gasteiger partial charge in [-0.1, -0.05) is 0 Å². The van der Waals surface area contributed by atoms with Crippen molar-refractivity contribution in [2.45, 2.75) is 19.9 Å². The summed E-state index contributed by atoms with van der Waals surface area (Å²) >= 11 is 0. The highest BCUT2D eigenvalue weighted by molar-refractivity contribution is 5.96. The van der Waals surface area contributed by atoms with Crippen molar-refractivity contribution in [2.75, 3.05) is 27.3 Å². The summed E-state index contributed by atoms with van der Waals surface area (Å²) < 4.78 is 10.1. The van der Waals surface area contributed by atoms with Gasteiger partial charge in [0.15, 0.2) is 5.92 Å². The lowest BCUT2D eigenvalue weighted by Gasteiger charge is -2.29. The highest BCUT2D eigenvalue weighted by atomic mass is 16.6. The van der Waals surface area contributed by atoms with E-state index in [2.05, 4.69) is 4.98 Å². The number of esters is 2. The summed E-state index contributed by atoms with van der Waals surface area (Å²) in [6.45, 7) is 3.84. The van der Waals surface area contributed by atoms with Crippen LogP contribution in [0.5, 0.6) is 0 Å². The van der Waals surface area contributed by atoms with Crippen LogP contribution >= 0.6 is 0 Å². The van der Waals surface area contributed by atoms with Crippen LogP contribution in [0.15, 0.2) is 24.5 Å². The molecule has 0 aliphatic rings. The largest absolute Gasteiger partial charge is 0.465 e. The van der Waals surface area contributed by atoms with E-state index in [4.69, 9.17) is 9.47 Å². The van der Waals surface area contributed by atoms with Crippen LogP contribution < -0.4 is 0 Å². The van der Waals surface area contributed by atoms with Gasteiger partial charge in [-0.3, -0.25) is 14.6 Å². The van der Waals surface area contributed by atoms with Gasteiger partial charge in [0.1, 0.15) is 0 Å². The SMILES string of the molecule is CCOC(=O)C(C(=O)OCC)[C@@H](c1ccncc1)N(C)C. The van der Waals surface area contributed by atoms with Gasteiger partial charge >= 0.3 is 11.9 Å². The molecule has 6 nitrogen and oxygen atoms in total. The molecule has 21 heavy (non-hydrogen) atoms. The number of hydrogen-bond acceptors (Lipinski definition) is 6. The van der Waals surface area contributed by atoms with E-state index in [0.717, 1.165) is 5.56 Å². The van der Waals surface area contributed by atoms with Gasteiger partial charge < -0.3 is 14.4 Å². The lowest BCUT2D eigenvalue weighted by atomic mass is 9.92. The maximum absolute atomic E-state index is 12.2. The number of carbonyl (C=O) groups is 2. The highest BCUT2D eigenvalue weighted by Crippen LogP contribution is 2.28. The van der Waals surface area contributed by atoms with Crippen LogP contribution in [-0.4, -0.2) is 49.1 Å². The lowest BCUT2D eigenvalue weighted by molar-refractivity contribution is -0.165. The normalized spacial score (nSPS) is 12.3. The standard InChI is InChI=1S/C15H22N2O4/c1-5-20-14(18)12(15(19)21-6-2)13(17(3)4)11-7-9-16-10-8-11/h7-10,12-13H,5-6H2,1-4H3/t13-/m1/s1. The van der Waals surface area contributed by atoms with Crippen molar-refractivity contribution in [3.8, 4) is 0 Å². The minimum Gasteiger partial charge on any atom is -0.465 e. The Morgan fingerprint density at radius 2 is 1.57 bits per heavy atom. The molecule has 0 N–H and O–H groups in total. The van der Waals surface area contributed by atoms with E-state index >= 15 is 0 Å². The molecule has 6 heteroatoms. The van der Waals surface area contributed by atoms with Gasteiger partial charge in [0.25, 0.3) is 0 Å². The Kier molecular flexibility index (Phi) is 6.81. The molecule has 0 radical (unpaired) electrons. The van der Waals surface area contributed by atoms with Crippen LogP contribution in [0.1, 0.15) is 25.5 Å². The molecule has 1 rings (SSSR count). The van der Waals surface area contributed by atoms with E-state index in [1.54, 1.807) is 57.4 Å². The second-order valence-corrected chi connectivity index (χ2v) is 4.67. The maximum atomic E-state index is 12.2. The average Bonchev–Trinajstić information content (AvgIpc) is 2.45. The number of nitrogens with zero attached hydrogens (tertiary/aromatic N) is 2. The first-order chi connectivity index (χ1) is 10.0. The number of rotatable bonds is 7. The zero-order valence-electron chi connectivity index (χ0n) is 12.9. The fraction of sp³-hybridized carbons (Fsp3) is 0.533. The number of carbonyl (C=O) groups excluding carboxylic acids is 2. The number of hydrogen-bond donors (Lipinski definition) is 0. The fourth-order valence-electron chi connectivity index (χ4n) is 2.17. The molecule has 1 aromatic rings. The van der Waals surface area contributed by atoms with Crippen molar-refractivity contribution >= 4 is 11.9 Å². The van der Waals surface area contributed by atoms with Crippen molar-refractivity contribution in [3.63, 3.8) is 0 Å². The lowest BCUT2D eigenvalue weighted by Crippen LogP contribution is -2.39. The summed E-state index contributed by atoms with van der Waals surface area (Å²) in [6, 6.07) is 3.08. The van der Waals surface area contributed by atoms with Gasteiger partial charge in [0.05, 0.1) is 19.3 Å². The van der Waals surface area contributed by atoms with Crippen LogP contribution in [0.3, 0.4) is 0 Å². The van der Waals surface area contributed by atoms with E-state index in [1.165, 1.54) is 0 Å². The predicted molar refractivity (Wildman–Crippen MR) is 77.4 cm³/mol. The van der Waals surface area contributed by atoms with Crippen molar-refractivity contribution in [1.82, 2.24) is 9.88 Å². The second-order valence-electron chi connectivity index (χ2n) is 4.67. The summed E-state index contributed by atoms with van der Waals surface area (Å²) in [6.07, 6.45) is 3.25. The van der Waals surface area contributed by atoms with Crippen LogP contribution in [0, 0.1) is 5.92 Å². The topological polar surface area (TPSA) is 68.7 Å². The van der Waals surface area contributed by atoms with E-state index in [9.17, 15) is 9.59 Å². The molecule has 0 aromatic carbocycles. The first kappa shape index (κ1) is 17.1. The van der Waals surface area contributed by atoms with E-state index in [-0.39, 0.29) is 13.2 Å². The summed E-state index contributed by atoms with van der Waals surface area (Å²) in [5, 5.41) is 0. The number of pyridine rings is 1. The Morgan fingerprint density at radius 3 is 1.95 bits per heavy atom. The molecule has 0 saturated heterocycles. The van der Waals surface area contributed by atoms with E-state index < -0.39 is 23.9 Å². The number of aromatic nitrogens is 1. The van der Waals surface area contributed by atoms with Crippen LogP contribution in [0.25, 0.3) is 0 Å². The third-order valence-electron chi connectivity index (χ3n) is 3.00. The smallest absolute Gasteiger partial charge is 0.322 e. The molecule has 0 spiro atoms. The molecule has 0 bridgehead atoms. The Hall–Kier alpha value is -1.95. The molecule has 0 aliphatic carbocycles. The Bertz CT molecular complexity index is 444. The zero-order chi connectivity index (χ0) is 15.8. The predicted octanol–water partition coefficient (Wildman–Crippen LogP) is 1.43. The summed E-state index contributed by atoms with van der Waals surface area (Å²) in [4.78, 5) is 30.2. The molecule has 1 aromatic heterocycles. The van der Waals surface area contributed by atoms with Crippen molar-refractivity contribution in [1.29, 1.82) is 0 Å². The molecule has 0 amide bonds. The van der Waals surface area contributed by atoms with Crippen molar-refractivity contribution in [2.24, 2.45) is 5.92 Å². The minimum absolute atomic E-state index is 0.214. The number of ether oxygens (including phenoxy) is 2. The van der Waals surface area contributed by atoms with Crippen LogP contribution in [0.4, 0.5) is 0 Å². The molecular formula is C15H22N2O4. The van der Waals surface area contributed by atoms with Gasteiger partial charge in [-0.05, 0) is 45.6 Å². The third-order valence-corrected chi connectivity index (χ3v) is 3.00. The second kappa shape index (κ2) is 8.36. The van der Waals surface area contributed by atoms with Gasteiger partial charge in [-0.25, -0.2) is 0 Å². The summed E-state index contributed by atoms with van der Waals surface area (Å²) in [7, 11) is 3.60. The summed E-state index contributed by atoms with van der Waals surface area (Å²) in [5.74, 6) is -2.18. The molecule has 1 heterocycles. The average molecular weight is 294 g/mol. The maximum Gasteiger partial charge on any atom is 0.322 e. The fourth-order valence-corrected chi connectivity index (χ4v) is 2.17. The van der Waals surface area contributed by atoms with Crippen LogP contribution in [-0.2, 0) is 19.1 Å². The van der Waals surface area contributed by atoms with Gasteiger partial charge in [0, 0.05) is 12.4 Å². The van der Waals surface area contributed by atoms with Crippen molar-refractivity contribution < 1.29 is 19.1 Å². The van der Waals surface area contributed by atoms with Gasteiger partial charge in [-0.2, -0.15) is 0 Å². The van der Waals surface area contributed by atoms with Crippen molar-refractivity contribution in [3.05, 3.63) is 30.1 Å². The third kappa shape index (κ3) is 4.53. The monoisotopic (exact) mass is 294 g/mol. The summed E-state index contributed by atoms with van der Waals surface area (Å²) in [5.41, 5.74) is 0.807. The van der Waals surface area contributed by atoms with Gasteiger partial charge in [-0.15, -0.1) is 0 Å². The molecule has 0 aliphatic heterocycles. The molecule has 1 atom stereocenters. The first-order valence-corrected chi connectivity index (χ1v) is 6.92. The Morgan fingerprint density at radius 1 is 1.10 bits per heavy atom. The quantitative estimate of drug-likeness (QED) is 0.560. The minimum atomic E-state index is -1.03.